The Hall–Kier alpha value is -3.69. The van der Waals surface area contributed by atoms with E-state index in [-0.39, 0.29) is 21.1 Å². The van der Waals surface area contributed by atoms with Crippen molar-refractivity contribution in [1.29, 1.82) is 0 Å². The molecule has 2 aromatic heterocycles. The minimum Gasteiger partial charge on any atom is -0.540 e. The van der Waals surface area contributed by atoms with E-state index in [1.165, 1.54) is 10.8 Å². The molecule has 5 aromatic rings. The van der Waals surface area contributed by atoms with Crippen molar-refractivity contribution in [2.75, 3.05) is 21.3 Å². The topological polar surface area (TPSA) is 53.5 Å². The summed E-state index contributed by atoms with van der Waals surface area (Å²) in [7, 11) is 4.83. The Morgan fingerprint density at radius 3 is 2.23 bits per heavy atom. The largest absolute Gasteiger partial charge is 2.00 e. The number of hydrogen-bond acceptors (Lipinski definition) is 5. The van der Waals surface area contributed by atoms with E-state index in [0.717, 1.165) is 28.3 Å². The molecule has 0 amide bonds. The van der Waals surface area contributed by atoms with Gasteiger partial charge in [0.05, 0.1) is 21.3 Å². The Morgan fingerprint density at radius 1 is 0.714 bits per heavy atom. The second-order valence-corrected chi connectivity index (χ2v) is 7.22. The molecule has 0 atom stereocenters. The zero-order valence-corrected chi connectivity index (χ0v) is 21.9. The Bertz CT molecular complexity index is 1370. The van der Waals surface area contributed by atoms with E-state index in [9.17, 15) is 0 Å². The van der Waals surface area contributed by atoms with Gasteiger partial charge >= 0.3 is 21.1 Å². The number of hydrogen-bond donors (Lipinski definition) is 0. The monoisotopic (exact) mass is 643 g/mol. The predicted octanol–water partition coefficient (Wildman–Crippen LogP) is 6.27. The predicted molar refractivity (Wildman–Crippen MR) is 134 cm³/mol. The van der Waals surface area contributed by atoms with E-state index in [4.69, 9.17) is 14.2 Å². The summed E-state index contributed by atoms with van der Waals surface area (Å²) in [4.78, 5) is 8.74. The van der Waals surface area contributed by atoms with Crippen LogP contribution in [0.4, 0.5) is 0 Å². The second kappa shape index (κ2) is 12.7. The molecule has 0 aliphatic carbocycles. The second-order valence-electron chi connectivity index (χ2n) is 7.22. The van der Waals surface area contributed by atoms with Crippen LogP contribution in [0.25, 0.3) is 33.3 Å². The molecule has 3 aromatic carbocycles. The number of fused-ring (bicyclic) bond motifs is 1. The fourth-order valence-corrected chi connectivity index (χ4v) is 3.49. The summed E-state index contributed by atoms with van der Waals surface area (Å²) in [5.41, 5.74) is 3.56. The van der Waals surface area contributed by atoms with E-state index in [2.05, 4.69) is 34.2 Å². The van der Waals surface area contributed by atoms with Gasteiger partial charge in [0.25, 0.3) is 0 Å². The van der Waals surface area contributed by atoms with Gasteiger partial charge in [-0.05, 0) is 40.4 Å². The minimum absolute atomic E-state index is 0. The number of pyridine rings is 2. The van der Waals surface area contributed by atoms with Crippen molar-refractivity contribution in [3.05, 3.63) is 103 Å². The molecule has 0 aliphatic rings. The molecule has 0 aliphatic heterocycles. The summed E-state index contributed by atoms with van der Waals surface area (Å²) in [6.07, 6.45) is 3.53. The van der Waals surface area contributed by atoms with Crippen LogP contribution in [0.1, 0.15) is 0 Å². The molecule has 0 fully saturated rings. The van der Waals surface area contributed by atoms with Crippen LogP contribution in [0.15, 0.2) is 91.3 Å². The van der Waals surface area contributed by atoms with Crippen molar-refractivity contribution >= 4 is 10.8 Å². The molecule has 2 heterocycles. The Kier molecular flexibility index (Phi) is 9.39. The van der Waals surface area contributed by atoms with Crippen molar-refractivity contribution in [3.63, 3.8) is 0 Å². The van der Waals surface area contributed by atoms with Crippen LogP contribution in [-0.2, 0) is 21.1 Å². The Morgan fingerprint density at radius 2 is 1.49 bits per heavy atom. The smallest absolute Gasteiger partial charge is 0.540 e. The molecule has 0 bridgehead atoms. The van der Waals surface area contributed by atoms with Crippen LogP contribution < -0.4 is 14.2 Å². The average Bonchev–Trinajstić information content (AvgIpc) is 2.93. The molecule has 0 spiro atoms. The molecule has 6 heteroatoms. The molecule has 5 rings (SSSR count). The number of benzene rings is 3. The van der Waals surface area contributed by atoms with E-state index in [1.54, 1.807) is 45.7 Å². The SMILES string of the molecule is COc1ccnc(-c2[c-]cc(OC)cc2OC)c1.[Pt+2].[c-]1ccccc1-c1nccc2ccccc12. The van der Waals surface area contributed by atoms with Crippen LogP contribution in [0.3, 0.4) is 0 Å². The molecular formula is C29H24N2O3Pt. The van der Waals surface area contributed by atoms with E-state index >= 15 is 0 Å². The molecule has 0 radical (unpaired) electrons. The Labute approximate surface area is 220 Å². The van der Waals surface area contributed by atoms with Gasteiger partial charge in [-0.2, -0.15) is 0 Å². The van der Waals surface area contributed by atoms with Gasteiger partial charge in [-0.3, -0.25) is 0 Å². The number of methoxy groups -OCH3 is 3. The van der Waals surface area contributed by atoms with Crippen LogP contribution in [0.2, 0.25) is 0 Å². The van der Waals surface area contributed by atoms with Crippen molar-refractivity contribution in [3.8, 4) is 39.8 Å². The number of aromatic nitrogens is 2. The van der Waals surface area contributed by atoms with Gasteiger partial charge in [-0.25, -0.2) is 0 Å². The molecule has 178 valence electrons. The maximum Gasteiger partial charge on any atom is 2.00 e. The molecule has 0 unspecified atom stereocenters. The Balaban J connectivity index is 0.000000191. The first-order valence-corrected chi connectivity index (χ1v) is 10.7. The first kappa shape index (κ1) is 25.9. The molecular weight excluding hydrogens is 619 g/mol. The molecule has 0 saturated carbocycles. The number of ether oxygens (including phenoxy) is 3. The third kappa shape index (κ3) is 6.26. The minimum atomic E-state index is 0. The standard InChI is InChI=1S/C15H10N.C14H14NO3.Pt/c1-2-7-13(8-3-1)15-14-9-5-4-6-12(14)10-11-16-15;1-16-10-4-5-12(14(9-10)18-3)13-8-11(17-2)6-7-15-13;/h1-7,9-11H;4,6-9H,1-3H3;/q2*-1;+2. The summed E-state index contributed by atoms with van der Waals surface area (Å²) in [5.74, 6) is 2.10. The van der Waals surface area contributed by atoms with E-state index in [1.807, 2.05) is 54.7 Å². The van der Waals surface area contributed by atoms with Gasteiger partial charge in [-0.1, -0.05) is 35.9 Å². The first-order valence-electron chi connectivity index (χ1n) is 10.7. The van der Waals surface area contributed by atoms with Crippen LogP contribution in [0, 0.1) is 12.1 Å². The van der Waals surface area contributed by atoms with Gasteiger partial charge in [0.1, 0.15) is 5.75 Å². The van der Waals surface area contributed by atoms with Crippen molar-refractivity contribution in [2.24, 2.45) is 0 Å². The van der Waals surface area contributed by atoms with Crippen molar-refractivity contribution in [2.45, 2.75) is 0 Å². The average molecular weight is 644 g/mol. The quantitative estimate of drug-likeness (QED) is 0.211. The number of nitrogens with zero attached hydrogens (tertiary/aromatic N) is 2. The summed E-state index contributed by atoms with van der Waals surface area (Å²) < 4.78 is 15.6. The van der Waals surface area contributed by atoms with Crippen molar-refractivity contribution in [1.82, 2.24) is 9.97 Å². The third-order valence-corrected chi connectivity index (χ3v) is 5.20. The summed E-state index contributed by atoms with van der Waals surface area (Å²) >= 11 is 0. The first-order chi connectivity index (χ1) is 16.7. The maximum absolute atomic E-state index is 5.32. The van der Waals surface area contributed by atoms with Crippen molar-refractivity contribution < 1.29 is 35.3 Å². The fraction of sp³-hybridized carbons (Fsp3) is 0.103. The molecule has 0 N–H and O–H groups in total. The van der Waals surface area contributed by atoms with Gasteiger partial charge in [0, 0.05) is 23.9 Å². The van der Waals surface area contributed by atoms with Gasteiger partial charge in [-0.15, -0.1) is 48.0 Å². The van der Waals surface area contributed by atoms with E-state index in [0.29, 0.717) is 11.5 Å². The van der Waals surface area contributed by atoms with Crippen LogP contribution >= 0.6 is 0 Å². The van der Waals surface area contributed by atoms with Crippen LogP contribution in [0.5, 0.6) is 17.2 Å². The number of rotatable bonds is 5. The third-order valence-electron chi connectivity index (χ3n) is 5.20. The maximum atomic E-state index is 5.32. The normalized spacial score (nSPS) is 9.91. The molecule has 35 heavy (non-hydrogen) atoms. The molecule has 5 nitrogen and oxygen atoms in total. The van der Waals surface area contributed by atoms with Gasteiger partial charge in [0.15, 0.2) is 0 Å². The summed E-state index contributed by atoms with van der Waals surface area (Å²) in [6, 6.07) is 31.7. The summed E-state index contributed by atoms with van der Waals surface area (Å²) in [6.45, 7) is 0. The zero-order chi connectivity index (χ0) is 23.8. The zero-order valence-electron chi connectivity index (χ0n) is 19.6. The van der Waals surface area contributed by atoms with Gasteiger partial charge in [0.2, 0.25) is 0 Å². The van der Waals surface area contributed by atoms with Gasteiger partial charge < -0.3 is 24.2 Å². The fourth-order valence-electron chi connectivity index (χ4n) is 3.49. The molecule has 0 saturated heterocycles. The van der Waals surface area contributed by atoms with Crippen LogP contribution in [-0.4, -0.2) is 31.3 Å². The summed E-state index contributed by atoms with van der Waals surface area (Å²) in [5, 5.41) is 2.39. The van der Waals surface area contributed by atoms with E-state index < -0.39 is 0 Å².